The first-order chi connectivity index (χ1) is 8.12. The molecule has 0 nitrogen and oxygen atoms in total. The van der Waals surface area contributed by atoms with Gasteiger partial charge in [-0.25, -0.2) is 0 Å². The standard InChI is InChI=1S/C17H23.Ni/c1-4-17(2,3)13-16(14-9-5-6-10-14)15-11-7-8-12-15;/h4-12,14-16H,13H2,1-3H3;. The quantitative estimate of drug-likeness (QED) is 0.641. The van der Waals surface area contributed by atoms with Gasteiger partial charge in [0.05, 0.1) is 0 Å². The maximum atomic E-state index is 2.34. The van der Waals surface area contributed by atoms with E-state index in [-0.39, 0.29) is 16.5 Å². The summed E-state index contributed by atoms with van der Waals surface area (Å²) in [5, 5.41) is 0. The van der Waals surface area contributed by atoms with Gasteiger partial charge >= 0.3 is 0 Å². The zero-order valence-corrected chi connectivity index (χ0v) is 12.4. The third kappa shape index (κ3) is 3.72. The minimum absolute atomic E-state index is 0. The molecule has 0 heterocycles. The van der Waals surface area contributed by atoms with Crippen LogP contribution >= 0.6 is 0 Å². The molecule has 0 aromatic heterocycles. The van der Waals surface area contributed by atoms with Gasteiger partial charge in [0.2, 0.25) is 0 Å². The van der Waals surface area contributed by atoms with E-state index in [1.807, 2.05) is 0 Å². The molecule has 0 atom stereocenters. The van der Waals surface area contributed by atoms with Crippen molar-refractivity contribution in [3.63, 3.8) is 0 Å². The van der Waals surface area contributed by atoms with Crippen LogP contribution in [0.1, 0.15) is 27.2 Å². The summed E-state index contributed by atoms with van der Waals surface area (Å²) in [6, 6.07) is 0. The summed E-state index contributed by atoms with van der Waals surface area (Å²) in [5.74, 6) is 1.89. The van der Waals surface area contributed by atoms with Gasteiger partial charge in [0.1, 0.15) is 0 Å². The summed E-state index contributed by atoms with van der Waals surface area (Å²) >= 11 is 0. The molecule has 0 saturated carbocycles. The van der Waals surface area contributed by atoms with E-state index < -0.39 is 0 Å². The van der Waals surface area contributed by atoms with Crippen LogP contribution < -0.4 is 0 Å². The summed E-state index contributed by atoms with van der Waals surface area (Å²) in [5.41, 5.74) is 0.319. The van der Waals surface area contributed by atoms with Crippen molar-refractivity contribution in [1.82, 2.24) is 0 Å². The SMILES string of the molecule is C[CH]C(C)(C)CC(C1C=CC=C1)C1C=CC=C1.[Ni]. The van der Waals surface area contributed by atoms with Crippen molar-refractivity contribution in [2.75, 3.05) is 0 Å². The third-order valence-electron chi connectivity index (χ3n) is 4.09. The molecule has 1 radical (unpaired) electrons. The molecule has 1 heteroatoms. The Balaban J connectivity index is 0.00000162. The Labute approximate surface area is 122 Å². The molecule has 0 amide bonds. The number of hydrogen-bond acceptors (Lipinski definition) is 0. The van der Waals surface area contributed by atoms with Crippen LogP contribution in [0, 0.1) is 29.6 Å². The molecule has 0 spiro atoms. The van der Waals surface area contributed by atoms with Crippen molar-refractivity contribution in [2.24, 2.45) is 23.2 Å². The minimum Gasteiger partial charge on any atom is -0.0773 e. The number of allylic oxidation sites excluding steroid dienone is 8. The fourth-order valence-corrected chi connectivity index (χ4v) is 2.72. The van der Waals surface area contributed by atoms with E-state index in [0.29, 0.717) is 23.2 Å². The van der Waals surface area contributed by atoms with E-state index >= 15 is 0 Å². The zero-order valence-electron chi connectivity index (χ0n) is 11.5. The fraction of sp³-hybridized carbons (Fsp3) is 0.471. The molecular weight excluding hydrogens is 263 g/mol. The molecule has 0 unspecified atom stereocenters. The maximum Gasteiger partial charge on any atom is 0 e. The molecule has 2 aliphatic rings. The van der Waals surface area contributed by atoms with Gasteiger partial charge in [0.15, 0.2) is 0 Å². The first-order valence-electron chi connectivity index (χ1n) is 6.63. The second-order valence-electron chi connectivity index (χ2n) is 5.84. The van der Waals surface area contributed by atoms with E-state index in [4.69, 9.17) is 0 Å². The Hall–Kier alpha value is -0.546. The van der Waals surface area contributed by atoms with E-state index in [9.17, 15) is 0 Å². The largest absolute Gasteiger partial charge is 0.0773 e. The summed E-state index contributed by atoms with van der Waals surface area (Å²) in [7, 11) is 0. The van der Waals surface area contributed by atoms with Gasteiger partial charge in [-0.2, -0.15) is 0 Å². The van der Waals surface area contributed by atoms with E-state index in [0.717, 1.165) is 0 Å². The van der Waals surface area contributed by atoms with Crippen LogP contribution in [0.2, 0.25) is 0 Å². The van der Waals surface area contributed by atoms with Gasteiger partial charge in [-0.3, -0.25) is 0 Å². The zero-order chi connectivity index (χ0) is 12.3. The van der Waals surface area contributed by atoms with Crippen molar-refractivity contribution in [3.05, 3.63) is 55.0 Å². The Bertz CT molecular complexity index is 319. The van der Waals surface area contributed by atoms with Gasteiger partial charge in [0.25, 0.3) is 0 Å². The Morgan fingerprint density at radius 2 is 1.33 bits per heavy atom. The van der Waals surface area contributed by atoms with Gasteiger partial charge in [-0.05, 0) is 36.0 Å². The van der Waals surface area contributed by atoms with Crippen molar-refractivity contribution in [2.45, 2.75) is 27.2 Å². The maximum absolute atomic E-state index is 2.34. The van der Waals surface area contributed by atoms with E-state index in [2.05, 4.69) is 75.8 Å². The fourth-order valence-electron chi connectivity index (χ4n) is 2.72. The third-order valence-corrected chi connectivity index (χ3v) is 4.09. The predicted molar refractivity (Wildman–Crippen MR) is 75.4 cm³/mol. The van der Waals surface area contributed by atoms with Crippen LogP contribution in [0.15, 0.2) is 48.6 Å². The predicted octanol–water partition coefficient (Wildman–Crippen LogP) is 4.72. The summed E-state index contributed by atoms with van der Waals surface area (Å²) in [6.45, 7) is 6.85. The second kappa shape index (κ2) is 6.57. The Morgan fingerprint density at radius 3 is 1.67 bits per heavy atom. The van der Waals surface area contributed by atoms with Crippen LogP contribution in [0.4, 0.5) is 0 Å². The van der Waals surface area contributed by atoms with Crippen LogP contribution in [-0.2, 0) is 16.5 Å². The molecule has 0 bridgehead atoms. The van der Waals surface area contributed by atoms with Gasteiger partial charge < -0.3 is 0 Å². The summed E-state index contributed by atoms with van der Waals surface area (Å²) in [4.78, 5) is 0. The smallest absolute Gasteiger partial charge is 0 e. The van der Waals surface area contributed by atoms with Crippen molar-refractivity contribution < 1.29 is 16.5 Å². The van der Waals surface area contributed by atoms with Crippen LogP contribution in [0.3, 0.4) is 0 Å². The molecule has 0 fully saturated rings. The van der Waals surface area contributed by atoms with Crippen molar-refractivity contribution >= 4 is 0 Å². The van der Waals surface area contributed by atoms with Crippen LogP contribution in [0.25, 0.3) is 0 Å². The average Bonchev–Trinajstić information content (AvgIpc) is 2.99. The monoisotopic (exact) mass is 285 g/mol. The van der Waals surface area contributed by atoms with Crippen molar-refractivity contribution in [3.8, 4) is 0 Å². The molecule has 0 aliphatic heterocycles. The Kier molecular flexibility index (Phi) is 5.66. The first kappa shape index (κ1) is 15.5. The molecule has 2 aliphatic carbocycles. The summed E-state index contributed by atoms with van der Waals surface area (Å²) < 4.78 is 0. The molecule has 0 saturated heterocycles. The number of hydrogen-bond donors (Lipinski definition) is 0. The topological polar surface area (TPSA) is 0 Å². The second-order valence-corrected chi connectivity index (χ2v) is 5.84. The molecule has 0 aromatic carbocycles. The van der Waals surface area contributed by atoms with Crippen LogP contribution in [-0.4, -0.2) is 0 Å². The molecule has 0 N–H and O–H groups in total. The van der Waals surface area contributed by atoms with Crippen LogP contribution in [0.5, 0.6) is 0 Å². The number of rotatable bonds is 5. The van der Waals surface area contributed by atoms with E-state index in [1.54, 1.807) is 0 Å². The normalized spacial score (nSPS) is 19.1. The first-order valence-corrected chi connectivity index (χ1v) is 6.63. The van der Waals surface area contributed by atoms with Gasteiger partial charge in [-0.1, -0.05) is 69.4 Å². The molecule has 2 rings (SSSR count). The van der Waals surface area contributed by atoms with Crippen molar-refractivity contribution in [1.29, 1.82) is 0 Å². The molecule has 101 valence electrons. The minimum atomic E-state index is 0. The molecular formula is C17H23Ni. The Morgan fingerprint density at radius 1 is 0.944 bits per heavy atom. The summed E-state index contributed by atoms with van der Waals surface area (Å²) in [6.07, 6.45) is 21.7. The molecule has 0 aromatic rings. The van der Waals surface area contributed by atoms with Gasteiger partial charge in [-0.15, -0.1) is 0 Å². The van der Waals surface area contributed by atoms with Gasteiger partial charge in [0, 0.05) is 16.5 Å². The molecule has 18 heavy (non-hydrogen) atoms. The van der Waals surface area contributed by atoms with E-state index in [1.165, 1.54) is 6.42 Å². The average molecular weight is 286 g/mol.